The van der Waals surface area contributed by atoms with Gasteiger partial charge in [0.2, 0.25) is 5.91 Å². The fourth-order valence-corrected chi connectivity index (χ4v) is 3.72. The number of benzene rings is 2. The zero-order chi connectivity index (χ0) is 19.7. The van der Waals surface area contributed by atoms with Crippen LogP contribution >= 0.6 is 0 Å². The summed E-state index contributed by atoms with van der Waals surface area (Å²) in [7, 11) is 0.0467. The zero-order valence-electron chi connectivity index (χ0n) is 15.5. The van der Waals surface area contributed by atoms with E-state index in [1.807, 2.05) is 18.2 Å². The summed E-state index contributed by atoms with van der Waals surface area (Å²) >= 11 is 0. The van der Waals surface area contributed by atoms with Gasteiger partial charge in [-0.1, -0.05) is 30.3 Å². The van der Waals surface area contributed by atoms with Crippen LogP contribution in [0.1, 0.15) is 32.6 Å². The highest BCUT2D eigenvalue weighted by Gasteiger charge is 2.37. The average Bonchev–Trinajstić information content (AvgIpc) is 3.15. The van der Waals surface area contributed by atoms with E-state index in [4.69, 9.17) is 9.39 Å². The van der Waals surface area contributed by atoms with Crippen LogP contribution in [-0.2, 0) is 35.5 Å². The Morgan fingerprint density at radius 3 is 2.89 bits per heavy atom. The second-order valence-electron chi connectivity index (χ2n) is 7.06. The molecule has 4 rings (SSSR count). The fraction of sp³-hybridized carbons (Fsp3) is 0.300. The maximum absolute atomic E-state index is 12.5. The molecule has 1 unspecified atom stereocenters. The van der Waals surface area contributed by atoms with Crippen molar-refractivity contribution in [3.05, 3.63) is 64.2 Å². The van der Waals surface area contributed by atoms with Gasteiger partial charge in [0, 0.05) is 13.1 Å². The van der Waals surface area contributed by atoms with E-state index in [2.05, 4.69) is 10.6 Å². The van der Waals surface area contributed by atoms with Gasteiger partial charge in [-0.15, -0.1) is 0 Å². The minimum Gasteiger partial charge on any atom is -0.534 e. The number of esters is 1. The van der Waals surface area contributed by atoms with Crippen molar-refractivity contribution in [1.29, 1.82) is 0 Å². The predicted octanol–water partition coefficient (Wildman–Crippen LogP) is 0.758. The van der Waals surface area contributed by atoms with E-state index in [1.165, 1.54) is 18.2 Å². The number of hydrogen-bond donors (Lipinski definition) is 3. The maximum atomic E-state index is 12.5. The smallest absolute Gasteiger partial charge is 0.534 e. The van der Waals surface area contributed by atoms with Gasteiger partial charge in [0.15, 0.2) is 0 Å². The first-order valence-corrected chi connectivity index (χ1v) is 9.21. The molecule has 0 fully saturated rings. The molecule has 0 aromatic heterocycles. The van der Waals surface area contributed by atoms with Gasteiger partial charge < -0.3 is 25.0 Å². The minimum absolute atomic E-state index is 0.189. The molecular formula is C20H21BN2O5. The Balaban J connectivity index is 1.44. The van der Waals surface area contributed by atoms with Crippen molar-refractivity contribution in [2.24, 2.45) is 0 Å². The molecule has 2 aliphatic heterocycles. The summed E-state index contributed by atoms with van der Waals surface area (Å²) in [6.45, 7) is 1.68. The van der Waals surface area contributed by atoms with Crippen molar-refractivity contribution in [1.82, 2.24) is 10.6 Å². The van der Waals surface area contributed by atoms with Crippen LogP contribution in [0.3, 0.4) is 0 Å². The van der Waals surface area contributed by atoms with Gasteiger partial charge in [-0.25, -0.2) is 4.79 Å². The molecule has 0 aliphatic carbocycles. The highest BCUT2D eigenvalue weighted by Crippen LogP contribution is 2.30. The van der Waals surface area contributed by atoms with Crippen molar-refractivity contribution in [2.75, 3.05) is 7.11 Å². The third-order valence-corrected chi connectivity index (χ3v) is 5.14. The van der Waals surface area contributed by atoms with Crippen LogP contribution in [0.5, 0.6) is 5.75 Å². The first-order valence-electron chi connectivity index (χ1n) is 9.21. The Hall–Kier alpha value is -2.84. The number of hydrogen-bond acceptors (Lipinski definition) is 6. The van der Waals surface area contributed by atoms with E-state index in [0.717, 1.165) is 24.2 Å². The van der Waals surface area contributed by atoms with Crippen molar-refractivity contribution >= 4 is 19.0 Å². The molecule has 0 spiro atoms. The third-order valence-electron chi connectivity index (χ3n) is 5.14. The second-order valence-corrected chi connectivity index (χ2v) is 7.06. The molecule has 0 saturated carbocycles. The monoisotopic (exact) mass is 380 g/mol. The highest BCUT2D eigenvalue weighted by atomic mass is 16.5. The van der Waals surface area contributed by atoms with Crippen molar-refractivity contribution in [3.8, 4) is 5.75 Å². The molecule has 2 aromatic carbocycles. The van der Waals surface area contributed by atoms with Gasteiger partial charge in [-0.05, 0) is 34.7 Å². The first-order chi connectivity index (χ1) is 13.5. The first kappa shape index (κ1) is 18.5. The van der Waals surface area contributed by atoms with Crippen molar-refractivity contribution < 1.29 is 24.0 Å². The lowest BCUT2D eigenvalue weighted by atomic mass is 9.72. The third kappa shape index (κ3) is 3.61. The Bertz CT molecular complexity index is 933. The van der Waals surface area contributed by atoms with Crippen molar-refractivity contribution in [2.45, 2.75) is 31.9 Å². The minimum atomic E-state index is -1.24. The lowest BCUT2D eigenvalue weighted by molar-refractivity contribution is -0.120. The molecule has 1 atom stereocenters. The average molecular weight is 380 g/mol. The number of methoxy groups -OCH3 is 1. The van der Waals surface area contributed by atoms with E-state index in [-0.39, 0.29) is 17.9 Å². The molecule has 0 radical (unpaired) electrons. The second kappa shape index (κ2) is 7.65. The fourth-order valence-electron chi connectivity index (χ4n) is 3.72. The van der Waals surface area contributed by atoms with Gasteiger partial charge in [0.05, 0.1) is 19.5 Å². The molecule has 3 N–H and O–H groups in total. The Labute approximate surface area is 163 Å². The van der Waals surface area contributed by atoms with E-state index in [1.54, 1.807) is 18.2 Å². The largest absolute Gasteiger partial charge is 0.547 e. The molecule has 28 heavy (non-hydrogen) atoms. The van der Waals surface area contributed by atoms with Gasteiger partial charge in [-0.2, -0.15) is 0 Å². The van der Waals surface area contributed by atoms with E-state index in [9.17, 15) is 14.6 Å². The maximum Gasteiger partial charge on any atom is 0.547 e. The van der Waals surface area contributed by atoms with E-state index < -0.39 is 19.0 Å². The summed E-state index contributed by atoms with van der Waals surface area (Å²) in [5, 5.41) is 16.5. The molecule has 7 nitrogen and oxygen atoms in total. The highest BCUT2D eigenvalue weighted by molar-refractivity contribution is 6.47. The quantitative estimate of drug-likeness (QED) is 0.535. The Morgan fingerprint density at radius 2 is 2.07 bits per heavy atom. The molecule has 0 bridgehead atoms. The molecule has 144 valence electrons. The number of rotatable bonds is 4. The van der Waals surface area contributed by atoms with Gasteiger partial charge in [0.1, 0.15) is 11.3 Å². The van der Waals surface area contributed by atoms with Crippen LogP contribution in [0.25, 0.3) is 0 Å². The molecule has 0 saturated heterocycles. The summed E-state index contributed by atoms with van der Waals surface area (Å²) < 4.78 is 10.3. The molecule has 2 aromatic rings. The number of carbonyl (C=O) groups is 2. The summed E-state index contributed by atoms with van der Waals surface area (Å²) in [6.07, 6.45) is 0.590. The summed E-state index contributed by atoms with van der Waals surface area (Å²) in [4.78, 5) is 24.4. The molecular weight excluding hydrogens is 359 g/mol. The molecule has 8 heteroatoms. The van der Waals surface area contributed by atoms with Crippen molar-refractivity contribution in [3.63, 3.8) is 0 Å². The summed E-state index contributed by atoms with van der Waals surface area (Å²) in [5.74, 6) is -1.01. The van der Waals surface area contributed by atoms with Crippen LogP contribution in [0.4, 0.5) is 0 Å². The number of para-hydroxylation sites is 1. The summed E-state index contributed by atoms with van der Waals surface area (Å²) in [5.41, 5.74) is 4.41. The van der Waals surface area contributed by atoms with Gasteiger partial charge >= 0.3 is 13.1 Å². The molecule has 1 amide bonds. The molecule has 2 heterocycles. The lowest BCUT2D eigenvalue weighted by Gasteiger charge is -2.29. The van der Waals surface area contributed by atoms with Gasteiger partial charge in [-0.3, -0.25) is 4.79 Å². The Morgan fingerprint density at radius 1 is 1.25 bits per heavy atom. The summed E-state index contributed by atoms with van der Waals surface area (Å²) in [6, 6.07) is 11.2. The number of carbonyl (C=O) groups excluding carboxylic acids is 2. The topological polar surface area (TPSA) is 96.9 Å². The van der Waals surface area contributed by atoms with Crippen LogP contribution in [-0.4, -0.2) is 37.1 Å². The van der Waals surface area contributed by atoms with Crippen LogP contribution in [0.2, 0.25) is 0 Å². The number of fused-ring (bicyclic) bond motifs is 2. The Kier molecular flexibility index (Phi) is 5.06. The predicted molar refractivity (Wildman–Crippen MR) is 103 cm³/mol. The van der Waals surface area contributed by atoms with E-state index >= 15 is 0 Å². The normalized spacial score (nSPS) is 17.4. The van der Waals surface area contributed by atoms with E-state index in [0.29, 0.717) is 12.2 Å². The lowest BCUT2D eigenvalue weighted by Crippen LogP contribution is -2.53. The van der Waals surface area contributed by atoms with Gasteiger partial charge in [0.25, 0.3) is 0 Å². The standard InChI is InChI=1S/C20H21BN2O5/c1-27-20(25)16-4-2-3-13-9-17(21(26)28-19(13)16)23-18(24)8-12-5-6-14-10-22-11-15(14)7-12/h2-7,17,22,26H,8-11H2,1H3,(H,23,24). The number of nitrogens with one attached hydrogen (secondary N) is 2. The number of ether oxygens (including phenoxy) is 1. The van der Waals surface area contributed by atoms with Crippen LogP contribution < -0.4 is 15.3 Å². The van der Waals surface area contributed by atoms with Crippen LogP contribution in [0, 0.1) is 0 Å². The van der Waals surface area contributed by atoms with Crippen LogP contribution in [0.15, 0.2) is 36.4 Å². The number of amides is 1. The zero-order valence-corrected chi connectivity index (χ0v) is 15.5. The SMILES string of the molecule is COC(=O)c1cccc2c1OB(O)C(NC(=O)Cc1ccc3c(c1)CNC3)C2. The molecule has 2 aliphatic rings.